The van der Waals surface area contributed by atoms with Crippen LogP contribution >= 0.6 is 0 Å². The summed E-state index contributed by atoms with van der Waals surface area (Å²) >= 11 is 0. The summed E-state index contributed by atoms with van der Waals surface area (Å²) < 4.78 is 21.1. The summed E-state index contributed by atoms with van der Waals surface area (Å²) in [6.07, 6.45) is -1.95. The number of hydrogen-bond donors (Lipinski definition) is 1. The van der Waals surface area contributed by atoms with Gasteiger partial charge in [-0.15, -0.1) is 0 Å². The smallest absolute Gasteiger partial charge is 0.347 e. The molecule has 0 saturated heterocycles. The van der Waals surface area contributed by atoms with Gasteiger partial charge in [0.05, 0.1) is 11.6 Å². The zero-order valence-corrected chi connectivity index (χ0v) is 15.3. The summed E-state index contributed by atoms with van der Waals surface area (Å²) in [6.45, 7) is 3.12. The third-order valence-electron chi connectivity index (χ3n) is 3.93. The largest absolute Gasteiger partial charge is 0.479 e. The van der Waals surface area contributed by atoms with E-state index in [4.69, 9.17) is 24.2 Å². The third kappa shape index (κ3) is 4.51. The molecular weight excluding hydrogens is 364 g/mol. The molecule has 8 heteroatoms. The maximum Gasteiger partial charge on any atom is 0.347 e. The Bertz CT molecular complexity index is 919. The number of carbonyl (C=O) groups excluding carboxylic acids is 2. The maximum absolute atomic E-state index is 12.3. The van der Waals surface area contributed by atoms with Gasteiger partial charge in [-0.2, -0.15) is 5.26 Å². The molecule has 0 radical (unpaired) electrons. The monoisotopic (exact) mass is 382 g/mol. The van der Waals surface area contributed by atoms with Crippen molar-refractivity contribution in [3.63, 3.8) is 0 Å². The predicted molar refractivity (Wildman–Crippen MR) is 98.0 cm³/mol. The zero-order valence-electron chi connectivity index (χ0n) is 15.3. The van der Waals surface area contributed by atoms with Crippen LogP contribution in [-0.2, 0) is 14.3 Å². The zero-order chi connectivity index (χ0) is 20.1. The Hall–Kier alpha value is -3.73. The first-order valence-corrected chi connectivity index (χ1v) is 8.54. The fourth-order valence-corrected chi connectivity index (χ4v) is 2.40. The van der Waals surface area contributed by atoms with Crippen LogP contribution in [0.25, 0.3) is 0 Å². The lowest BCUT2D eigenvalue weighted by atomic mass is 10.2. The number of benzene rings is 2. The normalized spacial score (nSPS) is 13.8. The van der Waals surface area contributed by atoms with E-state index in [1.165, 1.54) is 13.8 Å². The molecular formula is C20H18N2O6. The van der Waals surface area contributed by atoms with Crippen molar-refractivity contribution in [1.82, 2.24) is 0 Å². The molecule has 1 aliphatic heterocycles. The van der Waals surface area contributed by atoms with E-state index in [0.29, 0.717) is 28.5 Å². The van der Waals surface area contributed by atoms with Gasteiger partial charge < -0.3 is 24.3 Å². The van der Waals surface area contributed by atoms with Gasteiger partial charge in [-0.3, -0.25) is 4.79 Å². The van der Waals surface area contributed by atoms with Crippen molar-refractivity contribution in [2.24, 2.45) is 0 Å². The molecule has 1 amide bonds. The number of esters is 1. The Morgan fingerprint density at radius 1 is 1.07 bits per heavy atom. The van der Waals surface area contributed by atoms with E-state index in [1.807, 2.05) is 6.07 Å². The van der Waals surface area contributed by atoms with Crippen LogP contribution in [0.4, 0.5) is 5.69 Å². The van der Waals surface area contributed by atoms with Gasteiger partial charge in [0, 0.05) is 11.8 Å². The van der Waals surface area contributed by atoms with E-state index in [1.54, 1.807) is 42.5 Å². The molecule has 1 N–H and O–H groups in total. The molecule has 1 aliphatic rings. The average Bonchev–Trinajstić information content (AvgIpc) is 3.16. The van der Waals surface area contributed by atoms with Crippen molar-refractivity contribution >= 4 is 17.6 Å². The summed E-state index contributed by atoms with van der Waals surface area (Å²) in [6, 6.07) is 13.3. The second kappa shape index (κ2) is 8.31. The Labute approximate surface area is 161 Å². The summed E-state index contributed by atoms with van der Waals surface area (Å²) in [7, 11) is 0. The third-order valence-corrected chi connectivity index (χ3v) is 3.93. The number of carbonyl (C=O) groups is 2. The Balaban J connectivity index is 1.52. The van der Waals surface area contributed by atoms with Crippen molar-refractivity contribution in [3.8, 4) is 23.3 Å². The van der Waals surface area contributed by atoms with Crippen LogP contribution in [0.2, 0.25) is 0 Å². The van der Waals surface area contributed by atoms with Gasteiger partial charge >= 0.3 is 5.97 Å². The lowest BCUT2D eigenvalue weighted by molar-refractivity contribution is -0.159. The second-order valence-electron chi connectivity index (χ2n) is 6.03. The number of fused-ring (bicyclic) bond motifs is 1. The first-order chi connectivity index (χ1) is 13.5. The van der Waals surface area contributed by atoms with Gasteiger partial charge in [-0.05, 0) is 50.2 Å². The summed E-state index contributed by atoms with van der Waals surface area (Å²) in [5.41, 5.74) is 0.982. The molecule has 0 spiro atoms. The van der Waals surface area contributed by atoms with Crippen molar-refractivity contribution in [2.45, 2.75) is 26.1 Å². The number of nitrogens with one attached hydrogen (secondary N) is 1. The number of hydrogen-bond acceptors (Lipinski definition) is 7. The molecule has 0 bridgehead atoms. The van der Waals surface area contributed by atoms with Crippen molar-refractivity contribution in [2.75, 3.05) is 12.1 Å². The summed E-state index contributed by atoms with van der Waals surface area (Å²) in [5, 5.41) is 11.4. The van der Waals surface area contributed by atoms with E-state index in [9.17, 15) is 9.59 Å². The number of anilines is 1. The average molecular weight is 382 g/mol. The highest BCUT2D eigenvalue weighted by Gasteiger charge is 2.24. The fraction of sp³-hybridized carbons (Fsp3) is 0.250. The highest BCUT2D eigenvalue weighted by atomic mass is 16.7. The number of amides is 1. The van der Waals surface area contributed by atoms with Crippen molar-refractivity contribution in [1.29, 1.82) is 5.26 Å². The van der Waals surface area contributed by atoms with Crippen LogP contribution in [0.1, 0.15) is 19.4 Å². The molecule has 8 nitrogen and oxygen atoms in total. The molecule has 0 aromatic heterocycles. The van der Waals surface area contributed by atoms with Crippen molar-refractivity contribution < 1.29 is 28.5 Å². The van der Waals surface area contributed by atoms with Crippen LogP contribution in [0.5, 0.6) is 17.2 Å². The van der Waals surface area contributed by atoms with Gasteiger partial charge in [-0.1, -0.05) is 0 Å². The van der Waals surface area contributed by atoms with Gasteiger partial charge in [-0.25, -0.2) is 4.79 Å². The van der Waals surface area contributed by atoms with E-state index < -0.39 is 24.1 Å². The number of rotatable bonds is 6. The highest BCUT2D eigenvalue weighted by molar-refractivity contribution is 5.95. The molecule has 3 rings (SSSR count). The quantitative estimate of drug-likeness (QED) is 0.765. The lowest BCUT2D eigenvalue weighted by Gasteiger charge is -2.18. The van der Waals surface area contributed by atoms with E-state index in [2.05, 4.69) is 5.32 Å². The number of nitriles is 1. The molecule has 2 atom stereocenters. The topological polar surface area (TPSA) is 107 Å². The van der Waals surface area contributed by atoms with Crippen LogP contribution in [0.15, 0.2) is 42.5 Å². The Kier molecular flexibility index (Phi) is 5.65. The standard InChI is InChI=1S/C20H18N2O6/c1-12(19(23)22-15-5-8-17-18(9-15)26-11-25-17)28-20(24)13(2)27-16-6-3-14(10-21)4-7-16/h3-9,12-13H,11H2,1-2H3,(H,22,23)/t12-,13+/m1/s1. The predicted octanol–water partition coefficient (Wildman–Crippen LogP) is 2.62. The number of nitrogens with zero attached hydrogens (tertiary/aromatic N) is 1. The maximum atomic E-state index is 12.3. The molecule has 0 fully saturated rings. The first-order valence-electron chi connectivity index (χ1n) is 8.54. The van der Waals surface area contributed by atoms with Gasteiger partial charge in [0.1, 0.15) is 5.75 Å². The van der Waals surface area contributed by atoms with Crippen LogP contribution in [-0.4, -0.2) is 30.9 Å². The molecule has 0 unspecified atom stereocenters. The Morgan fingerprint density at radius 3 is 2.50 bits per heavy atom. The SMILES string of the molecule is C[C@H](Oc1ccc(C#N)cc1)C(=O)O[C@H](C)C(=O)Nc1ccc2c(c1)OCO2. The van der Waals surface area contributed by atoms with Crippen molar-refractivity contribution in [3.05, 3.63) is 48.0 Å². The minimum atomic E-state index is -1.02. The van der Waals surface area contributed by atoms with Gasteiger partial charge in [0.25, 0.3) is 5.91 Å². The van der Waals surface area contributed by atoms with E-state index >= 15 is 0 Å². The molecule has 2 aromatic rings. The molecule has 28 heavy (non-hydrogen) atoms. The first kappa shape index (κ1) is 19.0. The van der Waals surface area contributed by atoms with Gasteiger partial charge in [0.15, 0.2) is 23.7 Å². The van der Waals surface area contributed by atoms with E-state index in [-0.39, 0.29) is 6.79 Å². The molecule has 144 valence electrons. The fourth-order valence-electron chi connectivity index (χ4n) is 2.40. The lowest BCUT2D eigenvalue weighted by Crippen LogP contribution is -2.35. The minimum absolute atomic E-state index is 0.137. The molecule has 0 aliphatic carbocycles. The minimum Gasteiger partial charge on any atom is -0.479 e. The van der Waals surface area contributed by atoms with E-state index in [0.717, 1.165) is 0 Å². The molecule has 0 saturated carbocycles. The van der Waals surface area contributed by atoms with Gasteiger partial charge in [0.2, 0.25) is 6.79 Å². The Morgan fingerprint density at radius 2 is 1.79 bits per heavy atom. The summed E-state index contributed by atoms with van der Waals surface area (Å²) in [5.74, 6) is 0.384. The molecule has 1 heterocycles. The highest BCUT2D eigenvalue weighted by Crippen LogP contribution is 2.34. The summed E-state index contributed by atoms with van der Waals surface area (Å²) in [4.78, 5) is 24.4. The van der Waals surface area contributed by atoms with Crippen LogP contribution in [0, 0.1) is 11.3 Å². The second-order valence-corrected chi connectivity index (χ2v) is 6.03. The molecule has 2 aromatic carbocycles. The number of ether oxygens (including phenoxy) is 4. The van der Waals surface area contributed by atoms with Crippen LogP contribution in [0.3, 0.4) is 0 Å². The van der Waals surface area contributed by atoms with Crippen LogP contribution < -0.4 is 19.5 Å².